The molecule has 0 amide bonds. The highest BCUT2D eigenvalue weighted by Crippen LogP contribution is 2.40. The van der Waals surface area contributed by atoms with Gasteiger partial charge in [0.1, 0.15) is 5.69 Å². The first kappa shape index (κ1) is 17.0. The van der Waals surface area contributed by atoms with Gasteiger partial charge in [0.25, 0.3) is 0 Å². The van der Waals surface area contributed by atoms with Crippen LogP contribution in [0.5, 0.6) is 0 Å². The number of aromatic nitrogens is 1. The van der Waals surface area contributed by atoms with Gasteiger partial charge in [-0.25, -0.2) is 0 Å². The van der Waals surface area contributed by atoms with Gasteiger partial charge in [0.05, 0.1) is 0 Å². The predicted octanol–water partition coefficient (Wildman–Crippen LogP) is 6.10. The SMILES string of the molecule is CCc1ccc(C2CCC(c3ccc(C(F)(F)F)nc3)CC2)cc1. The fraction of sp³-hybridized carbons (Fsp3) is 0.450. The van der Waals surface area contributed by atoms with Crippen LogP contribution < -0.4 is 0 Å². The number of hydrogen-bond acceptors (Lipinski definition) is 1. The number of hydrogen-bond donors (Lipinski definition) is 0. The Labute approximate surface area is 140 Å². The van der Waals surface area contributed by atoms with Gasteiger partial charge < -0.3 is 0 Å². The minimum atomic E-state index is -4.36. The Balaban J connectivity index is 1.62. The first-order valence-electron chi connectivity index (χ1n) is 8.59. The molecule has 0 bridgehead atoms. The van der Waals surface area contributed by atoms with E-state index in [0.717, 1.165) is 43.7 Å². The number of benzene rings is 1. The molecule has 1 aliphatic rings. The third-order valence-electron chi connectivity index (χ3n) is 5.13. The number of rotatable bonds is 3. The zero-order valence-corrected chi connectivity index (χ0v) is 13.8. The van der Waals surface area contributed by atoms with Crippen LogP contribution >= 0.6 is 0 Å². The van der Waals surface area contributed by atoms with Crippen LogP contribution in [-0.2, 0) is 12.6 Å². The van der Waals surface area contributed by atoms with Crippen LogP contribution in [0.1, 0.15) is 66.8 Å². The van der Waals surface area contributed by atoms with Crippen molar-refractivity contribution in [2.45, 2.75) is 57.0 Å². The smallest absolute Gasteiger partial charge is 0.251 e. The molecule has 0 saturated heterocycles. The predicted molar refractivity (Wildman–Crippen MR) is 89.0 cm³/mol. The van der Waals surface area contributed by atoms with Gasteiger partial charge >= 0.3 is 6.18 Å². The largest absolute Gasteiger partial charge is 0.433 e. The van der Waals surface area contributed by atoms with Crippen molar-refractivity contribution in [3.63, 3.8) is 0 Å². The summed E-state index contributed by atoms with van der Waals surface area (Å²) < 4.78 is 37.8. The van der Waals surface area contributed by atoms with Crippen LogP contribution in [-0.4, -0.2) is 4.98 Å². The highest BCUT2D eigenvalue weighted by molar-refractivity contribution is 5.27. The zero-order valence-electron chi connectivity index (χ0n) is 13.8. The van der Waals surface area contributed by atoms with Crippen LogP contribution in [0.15, 0.2) is 42.6 Å². The first-order chi connectivity index (χ1) is 11.5. The van der Waals surface area contributed by atoms with Crippen molar-refractivity contribution < 1.29 is 13.2 Å². The van der Waals surface area contributed by atoms with Crippen LogP contribution in [0.2, 0.25) is 0 Å². The monoisotopic (exact) mass is 333 g/mol. The second-order valence-corrected chi connectivity index (χ2v) is 6.62. The zero-order chi connectivity index (χ0) is 17.2. The van der Waals surface area contributed by atoms with E-state index in [4.69, 9.17) is 0 Å². The fourth-order valence-electron chi connectivity index (χ4n) is 3.60. The summed E-state index contributed by atoms with van der Waals surface area (Å²) in [6, 6.07) is 11.5. The lowest BCUT2D eigenvalue weighted by Crippen LogP contribution is -2.13. The summed E-state index contributed by atoms with van der Waals surface area (Å²) in [5.74, 6) is 0.889. The molecule has 0 radical (unpaired) electrons. The van der Waals surface area contributed by atoms with Crippen molar-refractivity contribution in [3.05, 3.63) is 65.0 Å². The maximum atomic E-state index is 12.6. The van der Waals surface area contributed by atoms with E-state index < -0.39 is 11.9 Å². The first-order valence-corrected chi connectivity index (χ1v) is 8.59. The Bertz CT molecular complexity index is 651. The molecule has 1 aromatic carbocycles. The van der Waals surface area contributed by atoms with E-state index in [2.05, 4.69) is 36.2 Å². The Morgan fingerprint density at radius 1 is 0.875 bits per heavy atom. The molecule has 1 saturated carbocycles. The molecule has 1 aromatic heterocycles. The van der Waals surface area contributed by atoms with E-state index in [1.165, 1.54) is 17.3 Å². The molecule has 0 spiro atoms. The van der Waals surface area contributed by atoms with E-state index >= 15 is 0 Å². The Morgan fingerprint density at radius 2 is 1.42 bits per heavy atom. The Hall–Kier alpha value is -1.84. The second-order valence-electron chi connectivity index (χ2n) is 6.62. The molecule has 1 nitrogen and oxygen atoms in total. The molecule has 0 N–H and O–H groups in total. The van der Waals surface area contributed by atoms with Gasteiger partial charge in [-0.15, -0.1) is 0 Å². The molecule has 0 aliphatic heterocycles. The van der Waals surface area contributed by atoms with Gasteiger partial charge in [-0.2, -0.15) is 13.2 Å². The molecule has 0 unspecified atom stereocenters. The van der Waals surface area contributed by atoms with Crippen molar-refractivity contribution in [3.8, 4) is 0 Å². The van der Waals surface area contributed by atoms with Crippen molar-refractivity contribution in [2.75, 3.05) is 0 Å². The maximum absolute atomic E-state index is 12.6. The molecule has 24 heavy (non-hydrogen) atoms. The van der Waals surface area contributed by atoms with E-state index in [0.29, 0.717) is 11.8 Å². The molecule has 1 fully saturated rings. The molecule has 3 rings (SSSR count). The average molecular weight is 333 g/mol. The van der Waals surface area contributed by atoms with Crippen molar-refractivity contribution in [2.24, 2.45) is 0 Å². The minimum Gasteiger partial charge on any atom is -0.251 e. The maximum Gasteiger partial charge on any atom is 0.433 e. The quantitative estimate of drug-likeness (QED) is 0.661. The van der Waals surface area contributed by atoms with Gasteiger partial charge in [0, 0.05) is 6.20 Å². The lowest BCUT2D eigenvalue weighted by molar-refractivity contribution is -0.141. The van der Waals surface area contributed by atoms with Gasteiger partial charge in [-0.3, -0.25) is 4.98 Å². The third-order valence-corrected chi connectivity index (χ3v) is 5.13. The van der Waals surface area contributed by atoms with E-state index in [9.17, 15) is 13.2 Å². The summed E-state index contributed by atoms with van der Waals surface area (Å²) in [5, 5.41) is 0. The number of alkyl halides is 3. The second kappa shape index (κ2) is 6.96. The van der Waals surface area contributed by atoms with E-state index in [1.54, 1.807) is 6.07 Å². The summed E-state index contributed by atoms with van der Waals surface area (Å²) in [6.07, 6.45) is 2.27. The lowest BCUT2D eigenvalue weighted by Gasteiger charge is -2.29. The number of halogens is 3. The molecule has 1 aliphatic carbocycles. The summed E-state index contributed by atoms with van der Waals surface area (Å²) in [5.41, 5.74) is 2.86. The topological polar surface area (TPSA) is 12.9 Å². The molecule has 128 valence electrons. The Kier molecular flexibility index (Phi) is 4.93. The van der Waals surface area contributed by atoms with Crippen molar-refractivity contribution in [1.82, 2.24) is 4.98 Å². The summed E-state index contributed by atoms with van der Waals surface area (Å²) in [6.45, 7) is 2.15. The van der Waals surface area contributed by atoms with Gasteiger partial charge in [-0.1, -0.05) is 37.3 Å². The van der Waals surface area contributed by atoms with Gasteiger partial charge in [0.2, 0.25) is 0 Å². The lowest BCUT2D eigenvalue weighted by atomic mass is 9.76. The molecular weight excluding hydrogens is 311 g/mol. The van der Waals surface area contributed by atoms with Crippen molar-refractivity contribution >= 4 is 0 Å². The van der Waals surface area contributed by atoms with Gasteiger partial charge in [0.15, 0.2) is 0 Å². The van der Waals surface area contributed by atoms with Crippen LogP contribution in [0.3, 0.4) is 0 Å². The number of aryl methyl sites for hydroxylation is 1. The van der Waals surface area contributed by atoms with E-state index in [1.807, 2.05) is 0 Å². The fourth-order valence-corrected chi connectivity index (χ4v) is 3.60. The van der Waals surface area contributed by atoms with Crippen LogP contribution in [0.25, 0.3) is 0 Å². The number of nitrogens with zero attached hydrogens (tertiary/aromatic N) is 1. The van der Waals surface area contributed by atoms with Crippen molar-refractivity contribution in [1.29, 1.82) is 0 Å². The Morgan fingerprint density at radius 3 is 1.88 bits per heavy atom. The summed E-state index contributed by atoms with van der Waals surface area (Å²) in [7, 11) is 0. The third kappa shape index (κ3) is 3.80. The minimum absolute atomic E-state index is 0.325. The molecule has 0 atom stereocenters. The van der Waals surface area contributed by atoms with E-state index in [-0.39, 0.29) is 0 Å². The summed E-state index contributed by atoms with van der Waals surface area (Å²) >= 11 is 0. The molecular formula is C20H22F3N. The standard InChI is InChI=1S/C20H22F3N/c1-2-14-3-5-15(6-4-14)16-7-9-17(10-8-16)18-11-12-19(24-13-18)20(21,22)23/h3-6,11-13,16-17H,2,7-10H2,1H3. The normalized spacial score (nSPS) is 21.7. The number of pyridine rings is 1. The molecule has 2 aromatic rings. The highest BCUT2D eigenvalue weighted by atomic mass is 19.4. The average Bonchev–Trinajstić information content (AvgIpc) is 2.61. The van der Waals surface area contributed by atoms with Crippen LogP contribution in [0.4, 0.5) is 13.2 Å². The summed E-state index contributed by atoms with van der Waals surface area (Å²) in [4.78, 5) is 3.60. The highest BCUT2D eigenvalue weighted by Gasteiger charge is 2.32. The van der Waals surface area contributed by atoms with Gasteiger partial charge in [-0.05, 0) is 66.7 Å². The van der Waals surface area contributed by atoms with Crippen LogP contribution in [0, 0.1) is 0 Å². The molecule has 4 heteroatoms. The molecule has 1 heterocycles.